The standard InChI is InChI=1S/C14H17Cl2N3O3/c1-14(2,11(17)6-18-7-12(20)21)19-13(22)8-3-9(15)5-10(16)4-8/h3-6,18H,7,17H2,1-2H3,(H,19,22)(H,20,21)/b11-6-. The molecule has 0 fully saturated rings. The Bertz CT molecular complexity index is 595. The van der Waals surface area contributed by atoms with Crippen molar-refractivity contribution in [2.75, 3.05) is 6.54 Å². The monoisotopic (exact) mass is 345 g/mol. The summed E-state index contributed by atoms with van der Waals surface area (Å²) in [5.41, 5.74) is 5.55. The highest BCUT2D eigenvalue weighted by atomic mass is 35.5. The largest absolute Gasteiger partial charge is 0.480 e. The van der Waals surface area contributed by atoms with E-state index in [1.54, 1.807) is 13.8 Å². The molecule has 5 N–H and O–H groups in total. The molecule has 22 heavy (non-hydrogen) atoms. The highest BCUT2D eigenvalue weighted by Gasteiger charge is 2.24. The lowest BCUT2D eigenvalue weighted by atomic mass is 10.0. The number of aliphatic carboxylic acids is 1. The molecule has 0 aliphatic heterocycles. The Balaban J connectivity index is 2.82. The molecule has 0 saturated carbocycles. The zero-order chi connectivity index (χ0) is 16.9. The van der Waals surface area contributed by atoms with Crippen molar-refractivity contribution < 1.29 is 14.7 Å². The summed E-state index contributed by atoms with van der Waals surface area (Å²) in [6.45, 7) is 3.10. The fourth-order valence-electron chi connectivity index (χ4n) is 1.54. The first kappa shape index (κ1) is 18.1. The number of carboxylic acids is 1. The second-order valence-corrected chi connectivity index (χ2v) is 5.98. The number of amides is 1. The van der Waals surface area contributed by atoms with Crippen LogP contribution in [0.25, 0.3) is 0 Å². The summed E-state index contributed by atoms with van der Waals surface area (Å²) in [6.07, 6.45) is 1.35. The van der Waals surface area contributed by atoms with Gasteiger partial charge in [0.05, 0.1) is 5.54 Å². The molecular weight excluding hydrogens is 329 g/mol. The molecular formula is C14H17Cl2N3O3. The maximum Gasteiger partial charge on any atom is 0.322 e. The molecule has 0 saturated heterocycles. The van der Waals surface area contributed by atoms with Gasteiger partial charge in [0.25, 0.3) is 5.91 Å². The van der Waals surface area contributed by atoms with Crippen molar-refractivity contribution in [3.05, 3.63) is 45.7 Å². The number of halogens is 2. The van der Waals surface area contributed by atoms with Crippen LogP contribution in [0, 0.1) is 0 Å². The van der Waals surface area contributed by atoms with Crippen molar-refractivity contribution >= 4 is 35.1 Å². The van der Waals surface area contributed by atoms with Crippen LogP contribution in [0.4, 0.5) is 0 Å². The fraction of sp³-hybridized carbons (Fsp3) is 0.286. The molecule has 0 bridgehead atoms. The number of nitrogens with two attached hydrogens (primary N) is 1. The van der Waals surface area contributed by atoms with Crippen LogP contribution in [-0.4, -0.2) is 29.1 Å². The minimum absolute atomic E-state index is 0.269. The number of carbonyl (C=O) groups excluding carboxylic acids is 1. The van der Waals surface area contributed by atoms with Crippen molar-refractivity contribution in [3.63, 3.8) is 0 Å². The number of rotatable bonds is 6. The lowest BCUT2D eigenvalue weighted by Gasteiger charge is -2.27. The first-order valence-electron chi connectivity index (χ1n) is 6.32. The van der Waals surface area contributed by atoms with E-state index in [1.165, 1.54) is 24.4 Å². The maximum absolute atomic E-state index is 12.2. The molecule has 8 heteroatoms. The second kappa shape index (κ2) is 7.38. The molecule has 0 unspecified atom stereocenters. The summed E-state index contributed by atoms with van der Waals surface area (Å²) in [6, 6.07) is 4.50. The molecule has 0 aromatic heterocycles. The first-order valence-corrected chi connectivity index (χ1v) is 7.07. The molecule has 0 atom stereocenters. The summed E-state index contributed by atoms with van der Waals surface area (Å²) < 4.78 is 0. The zero-order valence-corrected chi connectivity index (χ0v) is 13.6. The Morgan fingerprint density at radius 1 is 1.27 bits per heavy atom. The number of carbonyl (C=O) groups is 2. The SMILES string of the molecule is CC(C)(NC(=O)c1cc(Cl)cc(Cl)c1)/C(N)=C/NCC(=O)O. The Labute approximate surface area is 138 Å². The van der Waals surface area contributed by atoms with Gasteiger partial charge in [-0.1, -0.05) is 23.2 Å². The van der Waals surface area contributed by atoms with Crippen LogP contribution in [0.1, 0.15) is 24.2 Å². The molecule has 1 amide bonds. The van der Waals surface area contributed by atoms with E-state index in [0.29, 0.717) is 15.6 Å². The molecule has 0 aliphatic carbocycles. The molecule has 6 nitrogen and oxygen atoms in total. The number of hydrogen-bond donors (Lipinski definition) is 4. The highest BCUT2D eigenvalue weighted by Crippen LogP contribution is 2.20. The van der Waals surface area contributed by atoms with Crippen LogP contribution in [0.15, 0.2) is 30.1 Å². The van der Waals surface area contributed by atoms with Gasteiger partial charge in [-0.05, 0) is 32.0 Å². The normalized spacial score (nSPS) is 11.9. The van der Waals surface area contributed by atoms with Gasteiger partial charge in [0.15, 0.2) is 0 Å². The number of nitrogens with one attached hydrogen (secondary N) is 2. The van der Waals surface area contributed by atoms with Crippen molar-refractivity contribution in [2.24, 2.45) is 5.73 Å². The van der Waals surface area contributed by atoms with E-state index < -0.39 is 17.4 Å². The summed E-state index contributed by atoms with van der Waals surface area (Å²) >= 11 is 11.7. The lowest BCUT2D eigenvalue weighted by molar-refractivity contribution is -0.135. The van der Waals surface area contributed by atoms with E-state index in [-0.39, 0.29) is 12.2 Å². The van der Waals surface area contributed by atoms with E-state index in [9.17, 15) is 9.59 Å². The molecule has 1 rings (SSSR count). The lowest BCUT2D eigenvalue weighted by Crippen LogP contribution is -2.47. The number of carboxylic acid groups (broad SMARTS) is 1. The fourth-order valence-corrected chi connectivity index (χ4v) is 2.07. The van der Waals surface area contributed by atoms with Gasteiger partial charge in [0.1, 0.15) is 6.54 Å². The van der Waals surface area contributed by atoms with E-state index in [0.717, 1.165) is 0 Å². The molecule has 1 aromatic carbocycles. The van der Waals surface area contributed by atoms with Crippen LogP contribution in [0.5, 0.6) is 0 Å². The Kier molecular flexibility index (Phi) is 6.08. The molecule has 120 valence electrons. The van der Waals surface area contributed by atoms with Crippen LogP contribution < -0.4 is 16.4 Å². The summed E-state index contributed by atoms with van der Waals surface area (Å²) in [7, 11) is 0. The summed E-state index contributed by atoms with van der Waals surface area (Å²) in [4.78, 5) is 22.7. The van der Waals surface area contributed by atoms with E-state index in [2.05, 4.69) is 10.6 Å². The third-order valence-electron chi connectivity index (χ3n) is 2.78. The number of benzene rings is 1. The van der Waals surface area contributed by atoms with E-state index in [4.69, 9.17) is 34.0 Å². The summed E-state index contributed by atoms with van der Waals surface area (Å²) in [5.74, 6) is -1.41. The quantitative estimate of drug-likeness (QED) is 0.630. The smallest absolute Gasteiger partial charge is 0.322 e. The van der Waals surface area contributed by atoms with Gasteiger partial charge in [-0.2, -0.15) is 0 Å². The molecule has 1 aromatic rings. The van der Waals surface area contributed by atoms with Crippen molar-refractivity contribution in [3.8, 4) is 0 Å². The molecule has 0 radical (unpaired) electrons. The molecule has 0 spiro atoms. The van der Waals surface area contributed by atoms with Gasteiger partial charge in [-0.15, -0.1) is 0 Å². The van der Waals surface area contributed by atoms with Crippen molar-refractivity contribution in [1.82, 2.24) is 10.6 Å². The number of hydrogen-bond acceptors (Lipinski definition) is 4. The van der Waals surface area contributed by atoms with Gasteiger partial charge in [0.2, 0.25) is 0 Å². The maximum atomic E-state index is 12.2. The minimum atomic E-state index is -1.01. The predicted octanol–water partition coefficient (Wildman–Crippen LogP) is 1.98. The van der Waals surface area contributed by atoms with Gasteiger partial charge in [-0.3, -0.25) is 9.59 Å². The molecule has 0 aliphatic rings. The highest BCUT2D eigenvalue weighted by molar-refractivity contribution is 6.35. The van der Waals surface area contributed by atoms with Crippen molar-refractivity contribution in [1.29, 1.82) is 0 Å². The predicted molar refractivity (Wildman–Crippen MR) is 85.9 cm³/mol. The van der Waals surface area contributed by atoms with E-state index in [1.807, 2.05) is 0 Å². The zero-order valence-electron chi connectivity index (χ0n) is 12.1. The van der Waals surface area contributed by atoms with Crippen LogP contribution in [-0.2, 0) is 4.79 Å². The van der Waals surface area contributed by atoms with Crippen LogP contribution in [0.2, 0.25) is 10.0 Å². The second-order valence-electron chi connectivity index (χ2n) is 5.11. The van der Waals surface area contributed by atoms with Gasteiger partial charge in [-0.25, -0.2) is 0 Å². The van der Waals surface area contributed by atoms with Gasteiger partial charge >= 0.3 is 5.97 Å². The third-order valence-corrected chi connectivity index (χ3v) is 3.22. The third kappa shape index (κ3) is 5.46. The first-order chi connectivity index (χ1) is 10.1. The Morgan fingerprint density at radius 2 is 1.82 bits per heavy atom. The summed E-state index contributed by atoms with van der Waals surface area (Å²) in [5, 5.41) is 14.5. The minimum Gasteiger partial charge on any atom is -0.480 e. The van der Waals surface area contributed by atoms with Gasteiger partial charge < -0.3 is 21.5 Å². The van der Waals surface area contributed by atoms with Crippen LogP contribution in [0.3, 0.4) is 0 Å². The Hall–Kier alpha value is -1.92. The topological polar surface area (TPSA) is 104 Å². The van der Waals surface area contributed by atoms with Crippen molar-refractivity contribution in [2.45, 2.75) is 19.4 Å². The average Bonchev–Trinajstić information content (AvgIpc) is 2.36. The Morgan fingerprint density at radius 3 is 2.32 bits per heavy atom. The molecule has 0 heterocycles. The van der Waals surface area contributed by atoms with Crippen LogP contribution >= 0.6 is 23.2 Å². The van der Waals surface area contributed by atoms with E-state index >= 15 is 0 Å². The van der Waals surface area contributed by atoms with Gasteiger partial charge in [0, 0.05) is 27.5 Å². The average molecular weight is 346 g/mol.